The maximum atomic E-state index is 11.7. The van der Waals surface area contributed by atoms with Crippen molar-refractivity contribution in [2.75, 3.05) is 19.6 Å². The van der Waals surface area contributed by atoms with Crippen LogP contribution in [0, 0.1) is 0 Å². The number of carbonyl (C=O) groups excluding carboxylic acids is 1. The molecular weight excluding hydrogens is 352 g/mol. The van der Waals surface area contributed by atoms with Crippen molar-refractivity contribution in [2.24, 2.45) is 4.99 Å². The predicted molar refractivity (Wildman–Crippen MR) is 67.4 cm³/mol. The van der Waals surface area contributed by atoms with Gasteiger partial charge in [-0.3, -0.25) is 9.79 Å². The van der Waals surface area contributed by atoms with E-state index in [0.717, 1.165) is 0 Å². The summed E-state index contributed by atoms with van der Waals surface area (Å²) in [5.41, 5.74) is 0. The molecule has 0 bridgehead atoms. The van der Waals surface area contributed by atoms with Crippen molar-refractivity contribution in [3.8, 4) is 0 Å². The highest BCUT2D eigenvalue weighted by Gasteiger charge is 2.27. The van der Waals surface area contributed by atoms with Crippen LogP contribution in [-0.4, -0.2) is 43.7 Å². The summed E-state index contributed by atoms with van der Waals surface area (Å²) in [4.78, 5) is 15.0. The van der Waals surface area contributed by atoms with E-state index in [1.165, 1.54) is 0 Å². The Hall–Kier alpha value is -0.740. The molecule has 0 aromatic carbocycles. The van der Waals surface area contributed by atoms with Gasteiger partial charge in [0.2, 0.25) is 5.91 Å². The minimum Gasteiger partial charge on any atom is -0.352 e. The molecular formula is C8H14F3IN4O. The fourth-order valence-electron chi connectivity index (χ4n) is 1.09. The van der Waals surface area contributed by atoms with Gasteiger partial charge in [-0.1, -0.05) is 0 Å². The number of hydrogen-bond donors (Lipinski definition) is 3. The van der Waals surface area contributed by atoms with Crippen molar-refractivity contribution in [3.63, 3.8) is 0 Å². The van der Waals surface area contributed by atoms with Crippen LogP contribution < -0.4 is 16.0 Å². The molecule has 5 nitrogen and oxygen atoms in total. The third-order valence-corrected chi connectivity index (χ3v) is 1.81. The Bertz CT molecular complexity index is 295. The second kappa shape index (κ2) is 6.87. The Morgan fingerprint density at radius 1 is 1.59 bits per heavy atom. The molecule has 100 valence electrons. The smallest absolute Gasteiger partial charge is 0.352 e. The molecule has 1 aliphatic rings. The van der Waals surface area contributed by atoms with Gasteiger partial charge in [-0.25, -0.2) is 0 Å². The Morgan fingerprint density at radius 2 is 2.24 bits per heavy atom. The minimum absolute atomic E-state index is 0. The molecule has 1 aliphatic heterocycles. The van der Waals surface area contributed by atoms with E-state index in [2.05, 4.69) is 15.6 Å². The lowest BCUT2D eigenvalue weighted by Gasteiger charge is -2.10. The SMILES string of the molecule is CC1CN=C(NCC(=O)NCC(F)(F)F)N1.I. The number of aliphatic imine (C=N–C) groups is 1. The van der Waals surface area contributed by atoms with Gasteiger partial charge in [0.15, 0.2) is 5.96 Å². The van der Waals surface area contributed by atoms with Gasteiger partial charge < -0.3 is 16.0 Å². The number of rotatable bonds is 3. The van der Waals surface area contributed by atoms with Crippen molar-refractivity contribution in [1.82, 2.24) is 16.0 Å². The summed E-state index contributed by atoms with van der Waals surface area (Å²) in [6.07, 6.45) is -4.38. The van der Waals surface area contributed by atoms with E-state index in [1.807, 2.05) is 6.92 Å². The second-order valence-corrected chi connectivity index (χ2v) is 3.48. The van der Waals surface area contributed by atoms with E-state index in [0.29, 0.717) is 12.5 Å². The average molecular weight is 366 g/mol. The number of guanidine groups is 1. The number of alkyl halides is 3. The fraction of sp³-hybridized carbons (Fsp3) is 0.750. The highest BCUT2D eigenvalue weighted by atomic mass is 127. The van der Waals surface area contributed by atoms with Gasteiger partial charge >= 0.3 is 6.18 Å². The molecule has 17 heavy (non-hydrogen) atoms. The summed E-state index contributed by atoms with van der Waals surface area (Å²) in [7, 11) is 0. The van der Waals surface area contributed by atoms with Crippen molar-refractivity contribution in [1.29, 1.82) is 0 Å². The molecule has 0 spiro atoms. The maximum Gasteiger partial charge on any atom is 0.405 e. The van der Waals surface area contributed by atoms with Crippen LogP contribution in [0.2, 0.25) is 0 Å². The third-order valence-electron chi connectivity index (χ3n) is 1.81. The molecule has 1 heterocycles. The van der Waals surface area contributed by atoms with Crippen LogP contribution in [0.1, 0.15) is 6.92 Å². The molecule has 9 heteroatoms. The standard InChI is InChI=1S/C8H13F3N4O.HI/c1-5-2-12-7(15-5)13-3-6(16)14-4-8(9,10)11;/h5H,2-4H2,1H3,(H,14,16)(H2,12,13,15);1H. The molecule has 1 rings (SSSR count). The largest absolute Gasteiger partial charge is 0.405 e. The molecule has 1 amide bonds. The molecule has 0 aromatic rings. The van der Waals surface area contributed by atoms with Gasteiger partial charge in [-0.15, -0.1) is 24.0 Å². The predicted octanol–water partition coefficient (Wildman–Crippen LogP) is 0.220. The molecule has 3 N–H and O–H groups in total. The quantitative estimate of drug-likeness (QED) is 0.627. The summed E-state index contributed by atoms with van der Waals surface area (Å²) in [5, 5.41) is 7.27. The molecule has 0 aromatic heterocycles. The molecule has 0 aliphatic carbocycles. The highest BCUT2D eigenvalue weighted by Crippen LogP contribution is 2.11. The van der Waals surface area contributed by atoms with Crippen molar-refractivity contribution < 1.29 is 18.0 Å². The third kappa shape index (κ3) is 7.23. The van der Waals surface area contributed by atoms with Gasteiger partial charge in [-0.05, 0) is 6.92 Å². The number of carbonyl (C=O) groups is 1. The van der Waals surface area contributed by atoms with Gasteiger partial charge in [0.1, 0.15) is 6.54 Å². The van der Waals surface area contributed by atoms with E-state index in [9.17, 15) is 18.0 Å². The zero-order valence-electron chi connectivity index (χ0n) is 9.10. The molecule has 1 unspecified atom stereocenters. The van der Waals surface area contributed by atoms with E-state index in [4.69, 9.17) is 0 Å². The minimum atomic E-state index is -4.38. The highest BCUT2D eigenvalue weighted by molar-refractivity contribution is 14.0. The van der Waals surface area contributed by atoms with Crippen LogP contribution in [-0.2, 0) is 4.79 Å². The Kier molecular flexibility index (Phi) is 6.57. The number of hydrogen-bond acceptors (Lipinski definition) is 4. The van der Waals surface area contributed by atoms with Crippen LogP contribution >= 0.6 is 24.0 Å². The average Bonchev–Trinajstić information content (AvgIpc) is 2.57. The lowest BCUT2D eigenvalue weighted by atomic mass is 10.4. The van der Waals surface area contributed by atoms with Crippen molar-refractivity contribution in [3.05, 3.63) is 0 Å². The summed E-state index contributed by atoms with van der Waals surface area (Å²) < 4.78 is 35.2. The van der Waals surface area contributed by atoms with Crippen molar-refractivity contribution >= 4 is 35.8 Å². The summed E-state index contributed by atoms with van der Waals surface area (Å²) >= 11 is 0. The summed E-state index contributed by atoms with van der Waals surface area (Å²) in [5.74, 6) is -0.281. The zero-order chi connectivity index (χ0) is 12.2. The fourth-order valence-corrected chi connectivity index (χ4v) is 1.09. The van der Waals surface area contributed by atoms with E-state index >= 15 is 0 Å². The normalized spacial score (nSPS) is 18.8. The van der Waals surface area contributed by atoms with E-state index in [-0.39, 0.29) is 36.6 Å². The zero-order valence-corrected chi connectivity index (χ0v) is 11.4. The molecule has 0 saturated heterocycles. The summed E-state index contributed by atoms with van der Waals surface area (Å²) in [6.45, 7) is 0.951. The van der Waals surface area contributed by atoms with Gasteiger partial charge in [-0.2, -0.15) is 13.2 Å². The van der Waals surface area contributed by atoms with Crippen LogP contribution in [0.5, 0.6) is 0 Å². The lowest BCUT2D eigenvalue weighted by Crippen LogP contribution is -2.44. The molecule has 0 radical (unpaired) electrons. The lowest BCUT2D eigenvalue weighted by molar-refractivity contribution is -0.137. The first-order valence-corrected chi connectivity index (χ1v) is 4.75. The maximum absolute atomic E-state index is 11.7. The van der Waals surface area contributed by atoms with E-state index < -0.39 is 18.6 Å². The Morgan fingerprint density at radius 3 is 2.71 bits per heavy atom. The van der Waals surface area contributed by atoms with E-state index in [1.54, 1.807) is 5.32 Å². The second-order valence-electron chi connectivity index (χ2n) is 3.48. The van der Waals surface area contributed by atoms with Crippen LogP contribution in [0.4, 0.5) is 13.2 Å². The van der Waals surface area contributed by atoms with Gasteiger partial charge in [0, 0.05) is 6.04 Å². The van der Waals surface area contributed by atoms with Gasteiger partial charge in [0.25, 0.3) is 0 Å². The molecule has 0 fully saturated rings. The number of amides is 1. The van der Waals surface area contributed by atoms with Crippen LogP contribution in [0.25, 0.3) is 0 Å². The number of nitrogens with zero attached hydrogens (tertiary/aromatic N) is 1. The first-order valence-electron chi connectivity index (χ1n) is 4.75. The monoisotopic (exact) mass is 366 g/mol. The molecule has 1 atom stereocenters. The van der Waals surface area contributed by atoms with Crippen LogP contribution in [0.15, 0.2) is 4.99 Å². The summed E-state index contributed by atoms with van der Waals surface area (Å²) in [6, 6.07) is 0.181. The topological polar surface area (TPSA) is 65.5 Å². The number of nitrogens with one attached hydrogen (secondary N) is 3. The molecule has 0 saturated carbocycles. The van der Waals surface area contributed by atoms with Crippen LogP contribution in [0.3, 0.4) is 0 Å². The number of halogens is 4. The first-order chi connectivity index (χ1) is 7.37. The first kappa shape index (κ1) is 16.3. The Labute approximate surface area is 114 Å². The van der Waals surface area contributed by atoms with Gasteiger partial charge in [0.05, 0.1) is 13.1 Å². The Balaban J connectivity index is 0.00000256. The van der Waals surface area contributed by atoms with Crippen molar-refractivity contribution in [2.45, 2.75) is 19.1 Å².